The van der Waals surface area contributed by atoms with Gasteiger partial charge in [-0.25, -0.2) is 13.4 Å². The van der Waals surface area contributed by atoms with Crippen molar-refractivity contribution in [3.8, 4) is 0 Å². The Hall–Kier alpha value is -4.13. The molecule has 0 bridgehead atoms. The quantitative estimate of drug-likeness (QED) is 0.317. The fraction of sp³-hybridized carbons (Fsp3) is 0.0357. The van der Waals surface area contributed by atoms with Crippen molar-refractivity contribution in [2.24, 2.45) is 4.99 Å². The molecule has 4 aromatic rings. The number of para-hydroxylation sites is 3. The number of hydrogen-bond acceptors (Lipinski definition) is 7. The lowest BCUT2D eigenvalue weighted by molar-refractivity contribution is -0.770. The second kappa shape index (κ2) is 9.26. The first-order chi connectivity index (χ1) is 18.6. The van der Waals surface area contributed by atoms with Crippen molar-refractivity contribution in [2.45, 2.75) is 10.9 Å². The topological polar surface area (TPSA) is 140 Å². The van der Waals surface area contributed by atoms with Crippen LogP contribution in [0.2, 0.25) is 0 Å². The molecule has 1 heterocycles. The van der Waals surface area contributed by atoms with E-state index in [1.54, 1.807) is 12.1 Å². The van der Waals surface area contributed by atoms with Gasteiger partial charge in [-0.3, -0.25) is 9.45 Å². The highest BCUT2D eigenvalue weighted by atomic mass is 32.2. The van der Waals surface area contributed by atoms with Crippen LogP contribution in [0.15, 0.2) is 118 Å². The number of benzene rings is 4. The number of nitrogens with zero attached hydrogens (tertiary/aromatic N) is 1. The zero-order valence-electron chi connectivity index (χ0n) is 20.1. The highest BCUT2D eigenvalue weighted by molar-refractivity contribution is 7.90. The third kappa shape index (κ3) is 4.46. The van der Waals surface area contributed by atoms with Gasteiger partial charge in [0.15, 0.2) is 16.6 Å². The minimum absolute atomic E-state index is 0.127. The lowest BCUT2D eigenvalue weighted by Gasteiger charge is -2.37. The van der Waals surface area contributed by atoms with Crippen LogP contribution >= 0.6 is 0 Å². The van der Waals surface area contributed by atoms with Crippen molar-refractivity contribution in [3.05, 3.63) is 119 Å². The monoisotopic (exact) mass is 559 g/mol. The zero-order chi connectivity index (χ0) is 27.4. The van der Waals surface area contributed by atoms with Crippen LogP contribution in [-0.2, 0) is 20.2 Å². The highest BCUT2D eigenvalue weighted by Gasteiger charge is 2.49. The van der Waals surface area contributed by atoms with Gasteiger partial charge in [0.25, 0.3) is 10.1 Å². The number of aliphatic imine (C=N–C) groups is 1. The van der Waals surface area contributed by atoms with E-state index in [2.05, 4.69) is 5.32 Å². The average molecular weight is 560 g/mol. The predicted molar refractivity (Wildman–Crippen MR) is 146 cm³/mol. The molecule has 4 aromatic carbocycles. The standard InChI is InChI=1S/C28H21N3O6S2/c32-38(33,34)20-16-14-18(15-17-20)29-26-22-11-5-4-10-21(22)25-27(28(26)39(35,36)37)31(19-8-2-1-3-9-19)24-13-7-6-12-23(24)30-25/h1-17,27,29H,(H,32,33,34)(H,35,36,37). The van der Waals surface area contributed by atoms with Gasteiger partial charge in [-0.05, 0) is 42.5 Å². The zero-order valence-corrected chi connectivity index (χ0v) is 21.8. The molecule has 0 aromatic heterocycles. The summed E-state index contributed by atoms with van der Waals surface area (Å²) < 4.78 is 71.3. The van der Waals surface area contributed by atoms with E-state index < -0.39 is 31.2 Å². The van der Waals surface area contributed by atoms with E-state index in [0.717, 1.165) is 23.5 Å². The molecule has 0 amide bonds. The van der Waals surface area contributed by atoms with E-state index in [1.165, 1.54) is 12.1 Å². The van der Waals surface area contributed by atoms with Crippen LogP contribution in [0.4, 0.5) is 22.7 Å². The minimum atomic E-state index is -4.81. The van der Waals surface area contributed by atoms with E-state index in [-0.39, 0.29) is 10.6 Å². The molecule has 196 valence electrons. The fourth-order valence-corrected chi connectivity index (χ4v) is 6.57. The molecule has 0 saturated carbocycles. The first-order valence-corrected chi connectivity index (χ1v) is 14.7. The van der Waals surface area contributed by atoms with Crippen molar-refractivity contribution in [1.82, 2.24) is 0 Å². The summed E-state index contributed by atoms with van der Waals surface area (Å²) >= 11 is 0. The Labute approximate surface area is 225 Å². The van der Waals surface area contributed by atoms with Crippen molar-refractivity contribution in [1.29, 1.82) is 0 Å². The molecule has 0 saturated heterocycles. The summed E-state index contributed by atoms with van der Waals surface area (Å²) in [5, 5.41) is 3.08. The van der Waals surface area contributed by atoms with Crippen molar-refractivity contribution < 1.29 is 30.8 Å². The van der Waals surface area contributed by atoms with Crippen LogP contribution in [-0.4, -0.2) is 37.7 Å². The SMILES string of the molecule is O=S(=O)(O)C1=C(Nc2ccc(S(=O)(=O)[O-])cc2)c2ccccc2C2=Nc3ccccc3[NH+](c3ccccc3)C21. The van der Waals surface area contributed by atoms with Gasteiger partial charge in [-0.15, -0.1) is 0 Å². The molecule has 3 N–H and O–H groups in total. The molecule has 0 radical (unpaired) electrons. The van der Waals surface area contributed by atoms with Gasteiger partial charge in [0.1, 0.15) is 27.2 Å². The first kappa shape index (κ1) is 25.2. The van der Waals surface area contributed by atoms with E-state index in [1.807, 2.05) is 66.7 Å². The lowest BCUT2D eigenvalue weighted by Crippen LogP contribution is -3.09. The molecule has 2 atom stereocenters. The summed E-state index contributed by atoms with van der Waals surface area (Å²) in [4.78, 5) is 4.86. The molecule has 39 heavy (non-hydrogen) atoms. The van der Waals surface area contributed by atoms with Crippen LogP contribution < -0.4 is 10.2 Å². The Bertz CT molecular complexity index is 1890. The Morgan fingerprint density at radius 1 is 0.769 bits per heavy atom. The summed E-state index contributed by atoms with van der Waals surface area (Å²) in [6.07, 6.45) is 0. The fourth-order valence-electron chi connectivity index (χ4n) is 5.15. The normalized spacial score (nSPS) is 18.5. The number of anilines is 1. The number of nitrogens with one attached hydrogen (secondary N) is 2. The maximum atomic E-state index is 13.2. The van der Waals surface area contributed by atoms with Crippen molar-refractivity contribution >= 4 is 54.4 Å². The van der Waals surface area contributed by atoms with Crippen molar-refractivity contribution in [3.63, 3.8) is 0 Å². The molecule has 2 unspecified atom stereocenters. The second-order valence-corrected chi connectivity index (χ2v) is 11.9. The van der Waals surface area contributed by atoms with E-state index in [9.17, 15) is 25.9 Å². The maximum absolute atomic E-state index is 13.2. The molecule has 11 heteroatoms. The maximum Gasteiger partial charge on any atom is 0.299 e. The van der Waals surface area contributed by atoms with Gasteiger partial charge in [-0.2, -0.15) is 8.42 Å². The Morgan fingerprint density at radius 3 is 2.05 bits per heavy atom. The van der Waals surface area contributed by atoms with Crippen LogP contribution in [0.5, 0.6) is 0 Å². The Balaban J connectivity index is 1.64. The number of rotatable bonds is 5. The molecule has 2 aliphatic rings. The Kier molecular flexibility index (Phi) is 5.97. The van der Waals surface area contributed by atoms with E-state index >= 15 is 0 Å². The summed E-state index contributed by atoms with van der Waals surface area (Å²) in [7, 11) is -9.48. The molecule has 1 aliphatic carbocycles. The Morgan fingerprint density at radius 2 is 1.38 bits per heavy atom. The second-order valence-electron chi connectivity index (χ2n) is 9.09. The van der Waals surface area contributed by atoms with Gasteiger partial charge in [0.2, 0.25) is 0 Å². The molecule has 0 spiro atoms. The van der Waals surface area contributed by atoms with Gasteiger partial charge < -0.3 is 9.87 Å². The number of hydrogen-bond donors (Lipinski definition) is 3. The van der Waals surface area contributed by atoms with E-state index in [4.69, 9.17) is 4.99 Å². The van der Waals surface area contributed by atoms with Crippen LogP contribution in [0.1, 0.15) is 11.1 Å². The lowest BCUT2D eigenvalue weighted by atomic mass is 9.86. The largest absolute Gasteiger partial charge is 0.744 e. The smallest absolute Gasteiger partial charge is 0.299 e. The van der Waals surface area contributed by atoms with E-state index in [0.29, 0.717) is 33.1 Å². The minimum Gasteiger partial charge on any atom is -0.744 e. The van der Waals surface area contributed by atoms with Gasteiger partial charge in [0, 0.05) is 22.9 Å². The summed E-state index contributed by atoms with van der Waals surface area (Å²) in [5.41, 5.74) is 4.29. The third-order valence-corrected chi connectivity index (χ3v) is 8.60. The van der Waals surface area contributed by atoms with Crippen LogP contribution in [0, 0.1) is 0 Å². The summed E-state index contributed by atoms with van der Waals surface area (Å²) in [6.45, 7) is 0. The molecular weight excluding hydrogens is 538 g/mol. The molecule has 9 nitrogen and oxygen atoms in total. The average Bonchev–Trinajstić information content (AvgIpc) is 2.91. The summed E-state index contributed by atoms with van der Waals surface area (Å²) in [6, 6.07) is 28.0. The van der Waals surface area contributed by atoms with Crippen LogP contribution in [0.25, 0.3) is 5.70 Å². The van der Waals surface area contributed by atoms with Crippen LogP contribution in [0.3, 0.4) is 0 Å². The first-order valence-electron chi connectivity index (χ1n) is 11.9. The molecule has 0 fully saturated rings. The predicted octanol–water partition coefficient (Wildman–Crippen LogP) is 3.62. The molecule has 6 rings (SSSR count). The van der Waals surface area contributed by atoms with Gasteiger partial charge in [0.05, 0.1) is 10.6 Å². The molecule has 1 aliphatic heterocycles. The van der Waals surface area contributed by atoms with Gasteiger partial charge >= 0.3 is 0 Å². The third-order valence-electron chi connectivity index (χ3n) is 6.75. The molecular formula is C28H21N3O6S2. The summed E-state index contributed by atoms with van der Waals surface area (Å²) in [5.74, 6) is 0. The highest BCUT2D eigenvalue weighted by Crippen LogP contribution is 2.39. The number of quaternary nitrogens is 1. The van der Waals surface area contributed by atoms with Gasteiger partial charge in [-0.1, -0.05) is 54.6 Å². The number of fused-ring (bicyclic) bond motifs is 4. The van der Waals surface area contributed by atoms with Crippen molar-refractivity contribution in [2.75, 3.05) is 5.32 Å².